The van der Waals surface area contributed by atoms with Crippen molar-refractivity contribution < 1.29 is 19.8 Å². The molecule has 0 saturated carbocycles. The second kappa shape index (κ2) is 5.04. The van der Waals surface area contributed by atoms with Gasteiger partial charge in [-0.15, -0.1) is 12.4 Å². The second-order valence-corrected chi connectivity index (χ2v) is 3.09. The molecule has 0 saturated heterocycles. The predicted molar refractivity (Wildman–Crippen MR) is 48.9 cm³/mol. The average molecular weight is 212 g/mol. The van der Waals surface area contributed by atoms with Crippen LogP contribution in [0.3, 0.4) is 0 Å². The zero-order chi connectivity index (χ0) is 9.94. The lowest BCUT2D eigenvalue weighted by Crippen LogP contribution is -2.51. The van der Waals surface area contributed by atoms with Crippen LogP contribution < -0.4 is 5.73 Å². The van der Waals surface area contributed by atoms with Crippen LogP contribution in [0.4, 0.5) is 0 Å². The summed E-state index contributed by atoms with van der Waals surface area (Å²) in [7, 11) is 0. The highest BCUT2D eigenvalue weighted by molar-refractivity contribution is 5.85. The highest BCUT2D eigenvalue weighted by Gasteiger charge is 2.35. The van der Waals surface area contributed by atoms with E-state index in [9.17, 15) is 9.59 Å². The first-order chi connectivity index (χ1) is 5.28. The zero-order valence-corrected chi connectivity index (χ0v) is 8.30. The van der Waals surface area contributed by atoms with Crippen molar-refractivity contribution in [1.29, 1.82) is 0 Å². The highest BCUT2D eigenvalue weighted by Crippen LogP contribution is 2.17. The van der Waals surface area contributed by atoms with Crippen molar-refractivity contribution in [1.82, 2.24) is 0 Å². The molecule has 2 atom stereocenters. The van der Waals surface area contributed by atoms with Crippen molar-refractivity contribution in [2.45, 2.75) is 25.8 Å². The summed E-state index contributed by atoms with van der Waals surface area (Å²) >= 11 is 0. The molecule has 0 aromatic rings. The van der Waals surface area contributed by atoms with Gasteiger partial charge in [0.25, 0.3) is 0 Å². The van der Waals surface area contributed by atoms with Crippen molar-refractivity contribution in [3.63, 3.8) is 0 Å². The Hall–Kier alpha value is -0.810. The Kier molecular flexibility index (Phi) is 5.69. The Morgan fingerprint density at radius 1 is 1.46 bits per heavy atom. The van der Waals surface area contributed by atoms with E-state index in [0.29, 0.717) is 0 Å². The maximum Gasteiger partial charge on any atom is 0.323 e. The number of hydrogen-bond acceptors (Lipinski definition) is 3. The minimum Gasteiger partial charge on any atom is -0.481 e. The third-order valence-corrected chi connectivity index (χ3v) is 1.97. The van der Waals surface area contributed by atoms with Crippen LogP contribution in [0.15, 0.2) is 0 Å². The molecular weight excluding hydrogens is 198 g/mol. The Morgan fingerprint density at radius 2 is 1.85 bits per heavy atom. The van der Waals surface area contributed by atoms with Gasteiger partial charge in [-0.05, 0) is 12.8 Å². The molecule has 0 radical (unpaired) electrons. The van der Waals surface area contributed by atoms with Gasteiger partial charge in [-0.2, -0.15) is 0 Å². The molecule has 0 fully saturated rings. The second-order valence-electron chi connectivity index (χ2n) is 3.09. The molecule has 0 spiro atoms. The number of nitrogens with two attached hydrogens (primary N) is 1. The normalized spacial score (nSPS) is 16.5. The summed E-state index contributed by atoms with van der Waals surface area (Å²) in [6.45, 7) is 2.81. The lowest BCUT2D eigenvalue weighted by atomic mass is 9.86. The molecule has 0 heterocycles. The molecule has 0 aliphatic heterocycles. The van der Waals surface area contributed by atoms with Crippen molar-refractivity contribution in [2.75, 3.05) is 0 Å². The number of carboxylic acids is 2. The van der Waals surface area contributed by atoms with E-state index in [-0.39, 0.29) is 18.8 Å². The minimum atomic E-state index is -1.47. The van der Waals surface area contributed by atoms with E-state index in [4.69, 9.17) is 15.9 Å². The number of rotatable bonds is 4. The summed E-state index contributed by atoms with van der Waals surface area (Å²) in [6, 6.07) is 0. The molecular formula is C7H14ClNO4. The lowest BCUT2D eigenvalue weighted by Gasteiger charge is -2.25. The molecule has 0 aliphatic rings. The van der Waals surface area contributed by atoms with E-state index in [1.54, 1.807) is 0 Å². The molecule has 6 heteroatoms. The van der Waals surface area contributed by atoms with E-state index in [2.05, 4.69) is 0 Å². The third kappa shape index (κ3) is 4.10. The van der Waals surface area contributed by atoms with E-state index >= 15 is 0 Å². The smallest absolute Gasteiger partial charge is 0.323 e. The molecule has 0 bridgehead atoms. The first-order valence-electron chi connectivity index (χ1n) is 3.52. The first kappa shape index (κ1) is 14.7. The SMILES string of the molecule is CC(CC(=O)O)[C@](C)(N)C(=O)O.Cl. The molecule has 5 nitrogen and oxygen atoms in total. The van der Waals surface area contributed by atoms with Crippen LogP contribution in [0.2, 0.25) is 0 Å². The summed E-state index contributed by atoms with van der Waals surface area (Å²) in [5.41, 5.74) is 3.91. The summed E-state index contributed by atoms with van der Waals surface area (Å²) in [5.74, 6) is -2.82. The first-order valence-corrected chi connectivity index (χ1v) is 3.52. The number of halogens is 1. The standard InChI is InChI=1S/C7H13NO4.ClH/c1-4(3-5(9)10)7(2,8)6(11)12;/h4H,3,8H2,1-2H3,(H,9,10)(H,11,12);1H/t4?,7-;/m0./s1. The molecule has 78 valence electrons. The van der Waals surface area contributed by atoms with Crippen molar-refractivity contribution in [3.8, 4) is 0 Å². The van der Waals surface area contributed by atoms with Crippen LogP contribution in [-0.4, -0.2) is 27.7 Å². The largest absolute Gasteiger partial charge is 0.481 e. The van der Waals surface area contributed by atoms with Gasteiger partial charge in [-0.1, -0.05) is 6.92 Å². The predicted octanol–water partition coefficient (Wildman–Crippen LogP) is 0.321. The third-order valence-electron chi connectivity index (χ3n) is 1.97. The number of aliphatic carboxylic acids is 2. The fourth-order valence-corrected chi connectivity index (χ4v) is 0.685. The van der Waals surface area contributed by atoms with Gasteiger partial charge in [0.2, 0.25) is 0 Å². The molecule has 4 N–H and O–H groups in total. The summed E-state index contributed by atoms with van der Waals surface area (Å²) in [6.07, 6.45) is -0.237. The van der Waals surface area contributed by atoms with Gasteiger partial charge in [0, 0.05) is 0 Å². The van der Waals surface area contributed by atoms with Gasteiger partial charge in [0.05, 0.1) is 6.42 Å². The summed E-state index contributed by atoms with van der Waals surface area (Å²) < 4.78 is 0. The molecule has 0 amide bonds. The van der Waals surface area contributed by atoms with Crippen molar-refractivity contribution in [2.24, 2.45) is 11.7 Å². The lowest BCUT2D eigenvalue weighted by molar-refractivity contribution is -0.146. The van der Waals surface area contributed by atoms with Gasteiger partial charge in [-0.3, -0.25) is 9.59 Å². The number of carboxylic acid groups (broad SMARTS) is 2. The Labute approximate surface area is 82.3 Å². The van der Waals surface area contributed by atoms with Crippen LogP contribution in [-0.2, 0) is 9.59 Å². The van der Waals surface area contributed by atoms with Gasteiger partial charge in [-0.25, -0.2) is 0 Å². The van der Waals surface area contributed by atoms with Crippen molar-refractivity contribution >= 4 is 24.3 Å². The number of hydrogen-bond donors (Lipinski definition) is 3. The van der Waals surface area contributed by atoms with Gasteiger partial charge >= 0.3 is 11.9 Å². The maximum atomic E-state index is 10.5. The minimum absolute atomic E-state index is 0. The van der Waals surface area contributed by atoms with Crippen LogP contribution in [0.1, 0.15) is 20.3 Å². The van der Waals surface area contributed by atoms with E-state index < -0.39 is 23.4 Å². The van der Waals surface area contributed by atoms with Gasteiger partial charge in [0.1, 0.15) is 5.54 Å². The van der Waals surface area contributed by atoms with Gasteiger partial charge in [0.15, 0.2) is 0 Å². The molecule has 0 aromatic heterocycles. The van der Waals surface area contributed by atoms with E-state index in [1.165, 1.54) is 13.8 Å². The summed E-state index contributed by atoms with van der Waals surface area (Å²) in [5, 5.41) is 17.0. The number of carbonyl (C=O) groups is 2. The average Bonchev–Trinajstić information content (AvgIpc) is 1.85. The molecule has 0 rings (SSSR count). The van der Waals surface area contributed by atoms with Crippen LogP contribution >= 0.6 is 12.4 Å². The zero-order valence-electron chi connectivity index (χ0n) is 7.48. The van der Waals surface area contributed by atoms with Crippen molar-refractivity contribution in [3.05, 3.63) is 0 Å². The quantitative estimate of drug-likeness (QED) is 0.622. The summed E-state index contributed by atoms with van der Waals surface area (Å²) in [4.78, 5) is 20.8. The Morgan fingerprint density at radius 3 is 2.08 bits per heavy atom. The van der Waals surface area contributed by atoms with Crippen LogP contribution in [0, 0.1) is 5.92 Å². The fourth-order valence-electron chi connectivity index (χ4n) is 0.685. The molecule has 13 heavy (non-hydrogen) atoms. The Balaban J connectivity index is 0. The topological polar surface area (TPSA) is 101 Å². The molecule has 0 aliphatic carbocycles. The highest BCUT2D eigenvalue weighted by atomic mass is 35.5. The van der Waals surface area contributed by atoms with E-state index in [0.717, 1.165) is 0 Å². The molecule has 1 unspecified atom stereocenters. The van der Waals surface area contributed by atoms with Crippen LogP contribution in [0.25, 0.3) is 0 Å². The van der Waals surface area contributed by atoms with Gasteiger partial charge < -0.3 is 15.9 Å². The van der Waals surface area contributed by atoms with E-state index in [1.807, 2.05) is 0 Å². The Bertz CT molecular complexity index is 205. The molecule has 0 aromatic carbocycles. The van der Waals surface area contributed by atoms with Crippen LogP contribution in [0.5, 0.6) is 0 Å². The monoisotopic (exact) mass is 211 g/mol. The fraction of sp³-hybridized carbons (Fsp3) is 0.714. The maximum absolute atomic E-state index is 10.5.